The smallest absolute Gasteiger partial charge is 0.339 e. The largest absolute Gasteiger partial charge is 0.493 e. The summed E-state index contributed by atoms with van der Waals surface area (Å²) in [7, 11) is 4.54. The van der Waals surface area contributed by atoms with Crippen LogP contribution in [-0.2, 0) is 4.74 Å². The number of ketones is 1. The van der Waals surface area contributed by atoms with Crippen molar-refractivity contribution < 1.29 is 28.5 Å². The van der Waals surface area contributed by atoms with Gasteiger partial charge in [0.1, 0.15) is 0 Å². The molecular weight excluding hydrogens is 505 g/mol. The lowest BCUT2D eigenvalue weighted by atomic mass is 10.0. The molecule has 36 heavy (non-hydrogen) atoms. The summed E-state index contributed by atoms with van der Waals surface area (Å²) in [5, 5.41) is 1.15. The maximum Gasteiger partial charge on any atom is 0.339 e. The van der Waals surface area contributed by atoms with Crippen LogP contribution in [0.4, 0.5) is 0 Å². The van der Waals surface area contributed by atoms with Crippen molar-refractivity contribution in [2.24, 2.45) is 0 Å². The second-order valence-electron chi connectivity index (χ2n) is 7.61. The average Bonchev–Trinajstić information content (AvgIpc) is 2.91. The SMILES string of the molecule is COc1cc(-c2cc(C(=O)OCC(=O)c3cc(Cl)ccc3Cl)c3ccccc3n2)cc(OC)c1OC. The first kappa shape index (κ1) is 25.3. The first-order valence-corrected chi connectivity index (χ1v) is 11.5. The Morgan fingerprint density at radius 3 is 2.19 bits per heavy atom. The molecule has 0 aliphatic carbocycles. The van der Waals surface area contributed by atoms with Gasteiger partial charge in [-0.25, -0.2) is 9.78 Å². The van der Waals surface area contributed by atoms with Crippen molar-refractivity contribution in [1.82, 2.24) is 4.98 Å². The van der Waals surface area contributed by atoms with E-state index in [1.807, 2.05) is 6.07 Å². The third-order valence-corrected chi connectivity index (χ3v) is 6.02. The van der Waals surface area contributed by atoms with Crippen LogP contribution >= 0.6 is 23.2 Å². The molecule has 7 nitrogen and oxygen atoms in total. The Labute approximate surface area is 217 Å². The van der Waals surface area contributed by atoms with Crippen LogP contribution in [0.5, 0.6) is 17.2 Å². The number of rotatable bonds is 8. The van der Waals surface area contributed by atoms with E-state index in [1.54, 1.807) is 42.5 Å². The first-order chi connectivity index (χ1) is 17.4. The number of carbonyl (C=O) groups excluding carboxylic acids is 2. The third-order valence-electron chi connectivity index (χ3n) is 5.46. The van der Waals surface area contributed by atoms with E-state index < -0.39 is 18.4 Å². The highest BCUT2D eigenvalue weighted by Crippen LogP contribution is 2.41. The average molecular weight is 526 g/mol. The molecule has 4 rings (SSSR count). The van der Waals surface area contributed by atoms with Crippen molar-refractivity contribution in [3.63, 3.8) is 0 Å². The number of esters is 1. The maximum atomic E-state index is 13.1. The fourth-order valence-corrected chi connectivity index (χ4v) is 4.11. The van der Waals surface area contributed by atoms with Gasteiger partial charge in [-0.1, -0.05) is 41.4 Å². The van der Waals surface area contributed by atoms with Crippen molar-refractivity contribution in [1.29, 1.82) is 0 Å². The van der Waals surface area contributed by atoms with Gasteiger partial charge in [0.2, 0.25) is 11.5 Å². The fraction of sp³-hybridized carbons (Fsp3) is 0.148. The van der Waals surface area contributed by atoms with E-state index in [9.17, 15) is 9.59 Å². The number of benzene rings is 3. The van der Waals surface area contributed by atoms with Gasteiger partial charge in [-0.15, -0.1) is 0 Å². The number of nitrogens with zero attached hydrogens (tertiary/aromatic N) is 1. The highest BCUT2D eigenvalue weighted by molar-refractivity contribution is 6.36. The van der Waals surface area contributed by atoms with Gasteiger partial charge >= 0.3 is 5.97 Å². The molecule has 0 aliphatic heterocycles. The molecule has 0 spiro atoms. The standard InChI is InChI=1S/C27H21Cl2NO6/c1-33-24-10-15(11-25(34-2)26(24)35-3)22-13-18(17-6-4-5-7-21(17)30-22)27(32)36-14-23(31)19-12-16(28)8-9-20(19)29/h4-13H,14H2,1-3H3. The Balaban J connectivity index is 1.72. The molecule has 0 amide bonds. The van der Waals surface area contributed by atoms with E-state index in [0.29, 0.717) is 44.4 Å². The number of fused-ring (bicyclic) bond motifs is 1. The van der Waals surface area contributed by atoms with Crippen molar-refractivity contribution in [3.05, 3.63) is 81.8 Å². The van der Waals surface area contributed by atoms with Crippen LogP contribution in [0.25, 0.3) is 22.2 Å². The number of aromatic nitrogens is 1. The van der Waals surface area contributed by atoms with E-state index in [4.69, 9.17) is 47.1 Å². The molecule has 0 N–H and O–H groups in total. The summed E-state index contributed by atoms with van der Waals surface area (Å²) in [5.74, 6) is 0.153. The minimum absolute atomic E-state index is 0.176. The second kappa shape index (κ2) is 10.8. The second-order valence-corrected chi connectivity index (χ2v) is 8.45. The van der Waals surface area contributed by atoms with Gasteiger partial charge in [-0.05, 0) is 42.5 Å². The van der Waals surface area contributed by atoms with Gasteiger partial charge < -0.3 is 18.9 Å². The monoisotopic (exact) mass is 525 g/mol. The molecule has 0 atom stereocenters. The van der Waals surface area contributed by atoms with Crippen LogP contribution in [-0.4, -0.2) is 44.7 Å². The zero-order valence-corrected chi connectivity index (χ0v) is 21.1. The normalized spacial score (nSPS) is 10.7. The van der Waals surface area contributed by atoms with Gasteiger partial charge in [0, 0.05) is 21.5 Å². The molecule has 4 aromatic rings. The van der Waals surface area contributed by atoms with Crippen LogP contribution in [0.1, 0.15) is 20.7 Å². The number of hydrogen-bond acceptors (Lipinski definition) is 7. The molecule has 0 bridgehead atoms. The summed E-state index contributed by atoms with van der Waals surface area (Å²) < 4.78 is 21.7. The molecule has 0 fully saturated rings. The number of methoxy groups -OCH3 is 3. The van der Waals surface area contributed by atoms with Crippen molar-refractivity contribution in [2.45, 2.75) is 0 Å². The third kappa shape index (κ3) is 5.08. The molecular formula is C27H21Cl2NO6. The van der Waals surface area contributed by atoms with E-state index >= 15 is 0 Å². The number of para-hydroxylation sites is 1. The lowest BCUT2D eigenvalue weighted by Crippen LogP contribution is -2.15. The quantitative estimate of drug-likeness (QED) is 0.198. The Bertz CT molecular complexity index is 1450. The summed E-state index contributed by atoms with van der Waals surface area (Å²) in [4.78, 5) is 30.5. The molecule has 184 valence electrons. The van der Waals surface area contributed by atoms with Gasteiger partial charge in [-0.3, -0.25) is 4.79 Å². The van der Waals surface area contributed by atoms with Gasteiger partial charge in [0.15, 0.2) is 18.1 Å². The number of pyridine rings is 1. The van der Waals surface area contributed by atoms with E-state index in [-0.39, 0.29) is 16.1 Å². The maximum absolute atomic E-state index is 13.1. The summed E-state index contributed by atoms with van der Waals surface area (Å²) in [5.41, 5.74) is 2.10. The van der Waals surface area contributed by atoms with Crippen LogP contribution < -0.4 is 14.2 Å². The van der Waals surface area contributed by atoms with E-state index in [0.717, 1.165) is 0 Å². The van der Waals surface area contributed by atoms with Crippen molar-refractivity contribution in [3.8, 4) is 28.5 Å². The Kier molecular flexibility index (Phi) is 7.62. The van der Waals surface area contributed by atoms with Crippen LogP contribution in [0, 0.1) is 0 Å². The predicted octanol–water partition coefficient (Wildman–Crippen LogP) is 6.27. The van der Waals surface area contributed by atoms with Crippen LogP contribution in [0.15, 0.2) is 60.7 Å². The van der Waals surface area contributed by atoms with Crippen molar-refractivity contribution in [2.75, 3.05) is 27.9 Å². The summed E-state index contributed by atoms with van der Waals surface area (Å²) in [6, 6.07) is 16.7. The summed E-state index contributed by atoms with van der Waals surface area (Å²) in [6.07, 6.45) is 0. The summed E-state index contributed by atoms with van der Waals surface area (Å²) in [6.45, 7) is -0.505. The number of hydrogen-bond donors (Lipinski definition) is 0. The zero-order valence-electron chi connectivity index (χ0n) is 19.6. The molecule has 0 saturated carbocycles. The highest BCUT2D eigenvalue weighted by Gasteiger charge is 2.20. The Hall–Kier alpha value is -3.81. The fourth-order valence-electron chi connectivity index (χ4n) is 3.72. The minimum Gasteiger partial charge on any atom is -0.493 e. The Morgan fingerprint density at radius 1 is 0.833 bits per heavy atom. The summed E-state index contributed by atoms with van der Waals surface area (Å²) >= 11 is 12.1. The Morgan fingerprint density at radius 2 is 1.53 bits per heavy atom. The highest BCUT2D eigenvalue weighted by atomic mass is 35.5. The topological polar surface area (TPSA) is 84.0 Å². The first-order valence-electron chi connectivity index (χ1n) is 10.7. The molecule has 0 aliphatic rings. The lowest BCUT2D eigenvalue weighted by molar-refractivity contribution is 0.0476. The van der Waals surface area contributed by atoms with Gasteiger partial charge in [0.25, 0.3) is 0 Å². The molecule has 0 radical (unpaired) electrons. The van der Waals surface area contributed by atoms with Gasteiger partial charge in [0.05, 0.1) is 43.1 Å². The number of carbonyl (C=O) groups is 2. The lowest BCUT2D eigenvalue weighted by Gasteiger charge is -2.15. The number of halogens is 2. The van der Waals surface area contributed by atoms with Crippen LogP contribution in [0.3, 0.4) is 0 Å². The molecule has 0 saturated heterocycles. The molecule has 1 aromatic heterocycles. The zero-order chi connectivity index (χ0) is 25.8. The van der Waals surface area contributed by atoms with Crippen LogP contribution in [0.2, 0.25) is 10.0 Å². The minimum atomic E-state index is -0.686. The van der Waals surface area contributed by atoms with E-state index in [2.05, 4.69) is 0 Å². The van der Waals surface area contributed by atoms with Crippen molar-refractivity contribution >= 4 is 45.9 Å². The number of Topliss-reactive ketones (excluding diaryl/α,β-unsaturated/α-hetero) is 1. The molecule has 1 heterocycles. The number of ether oxygens (including phenoxy) is 4. The molecule has 3 aromatic carbocycles. The van der Waals surface area contributed by atoms with Gasteiger partial charge in [-0.2, -0.15) is 0 Å². The van der Waals surface area contributed by atoms with E-state index in [1.165, 1.54) is 33.5 Å². The molecule has 0 unspecified atom stereocenters. The predicted molar refractivity (Wildman–Crippen MR) is 138 cm³/mol. The molecule has 9 heteroatoms.